The standard InChI is InChI=1S/C36H44N4O12S2/c1-7-49-33(41)27-23-24(28(27)34(42)50-8-2)32(38-40-54(47,48)22-17-13-20(6)14-18-22)26-25(29(35(43)51-9-3)30(26)36(44)52-10-4)31(23)37-39-53(45,46)21-15-11-19(5)12-16-21/h11-18,23-30,39-40H,7-10H2,1-6H3/t23-,24-,25+,26+,27-,28+,29+,30-. The highest BCUT2D eigenvalue weighted by Crippen LogP contribution is 2.63. The van der Waals surface area contributed by atoms with Crippen LogP contribution in [0.4, 0.5) is 0 Å². The zero-order chi connectivity index (χ0) is 39.5. The van der Waals surface area contributed by atoms with Crippen molar-refractivity contribution in [3.8, 4) is 0 Å². The Morgan fingerprint density at radius 3 is 0.963 bits per heavy atom. The number of nitrogens with zero attached hydrogens (tertiary/aromatic N) is 2. The van der Waals surface area contributed by atoms with Crippen molar-refractivity contribution in [2.24, 2.45) is 57.5 Å². The summed E-state index contributed by atoms with van der Waals surface area (Å²) in [7, 11) is -8.67. The predicted molar refractivity (Wildman–Crippen MR) is 192 cm³/mol. The lowest BCUT2D eigenvalue weighted by molar-refractivity contribution is -0.180. The highest BCUT2D eigenvalue weighted by molar-refractivity contribution is 7.89. The number of nitrogens with one attached hydrogen (secondary N) is 2. The zero-order valence-corrected chi connectivity index (χ0v) is 32.3. The van der Waals surface area contributed by atoms with E-state index in [1.165, 1.54) is 24.3 Å². The summed E-state index contributed by atoms with van der Waals surface area (Å²) in [6.07, 6.45) is 0. The monoisotopic (exact) mass is 788 g/mol. The molecule has 0 aromatic heterocycles. The number of ether oxygens (including phenoxy) is 4. The van der Waals surface area contributed by atoms with Crippen LogP contribution in [0.15, 0.2) is 68.5 Å². The predicted octanol–water partition coefficient (Wildman–Crippen LogP) is 2.50. The Morgan fingerprint density at radius 2 is 0.741 bits per heavy atom. The molecule has 16 nitrogen and oxygen atoms in total. The van der Waals surface area contributed by atoms with Crippen LogP contribution in [0.3, 0.4) is 0 Å². The van der Waals surface area contributed by atoms with Crippen molar-refractivity contribution >= 4 is 55.3 Å². The van der Waals surface area contributed by atoms with Gasteiger partial charge in [-0.15, -0.1) is 0 Å². The molecule has 0 bridgehead atoms. The molecule has 0 spiro atoms. The Labute approximate surface area is 314 Å². The SMILES string of the molecule is CCOC(=O)[C@@H]1[C@H](C(=O)OCC)[C@H]2C(=NNS(=O)(=O)c3ccc(C)cc3)[C@H]3[C@H](C(=O)OCC)[C@H](C(=O)OCC)[C@@H]3C(=NNS(=O)(=O)c3ccc(C)cc3)[C@H]12. The summed E-state index contributed by atoms with van der Waals surface area (Å²) < 4.78 is 75.6. The van der Waals surface area contributed by atoms with E-state index in [0.717, 1.165) is 11.1 Å². The summed E-state index contributed by atoms with van der Waals surface area (Å²) in [5.74, 6) is -13.3. The maximum absolute atomic E-state index is 13.7. The van der Waals surface area contributed by atoms with E-state index in [9.17, 15) is 36.0 Å². The van der Waals surface area contributed by atoms with Crippen molar-refractivity contribution in [2.45, 2.75) is 51.3 Å². The van der Waals surface area contributed by atoms with Gasteiger partial charge < -0.3 is 18.9 Å². The maximum Gasteiger partial charge on any atom is 0.310 e. The van der Waals surface area contributed by atoms with Crippen LogP contribution in [0.1, 0.15) is 38.8 Å². The quantitative estimate of drug-likeness (QED) is 0.160. The van der Waals surface area contributed by atoms with Gasteiger partial charge >= 0.3 is 23.9 Å². The minimum atomic E-state index is -4.33. The number of benzene rings is 2. The molecule has 3 aliphatic rings. The molecule has 0 saturated heterocycles. The molecular formula is C36H44N4O12S2. The van der Waals surface area contributed by atoms with Gasteiger partial charge in [-0.1, -0.05) is 35.4 Å². The highest BCUT2D eigenvalue weighted by atomic mass is 32.2. The summed E-state index contributed by atoms with van der Waals surface area (Å²) in [6.45, 7) is 9.52. The van der Waals surface area contributed by atoms with Crippen molar-refractivity contribution in [1.29, 1.82) is 0 Å². The van der Waals surface area contributed by atoms with Crippen LogP contribution in [-0.2, 0) is 58.2 Å². The van der Waals surface area contributed by atoms with Gasteiger partial charge in [0, 0.05) is 35.1 Å². The molecule has 2 aromatic carbocycles. The van der Waals surface area contributed by atoms with Gasteiger partial charge in [0.2, 0.25) is 0 Å². The number of carbonyl (C=O) groups is 4. The van der Waals surface area contributed by atoms with E-state index in [-0.39, 0.29) is 47.6 Å². The second-order valence-corrected chi connectivity index (χ2v) is 16.4. The van der Waals surface area contributed by atoms with Crippen molar-refractivity contribution < 1.29 is 55.0 Å². The van der Waals surface area contributed by atoms with E-state index in [1.54, 1.807) is 65.8 Å². The molecule has 8 atom stereocenters. The van der Waals surface area contributed by atoms with Crippen LogP contribution in [0.5, 0.6) is 0 Å². The van der Waals surface area contributed by atoms with Crippen molar-refractivity contribution in [3.63, 3.8) is 0 Å². The third kappa shape index (κ3) is 7.58. The molecule has 5 rings (SSSR count). The van der Waals surface area contributed by atoms with E-state index in [2.05, 4.69) is 19.9 Å². The Morgan fingerprint density at radius 1 is 0.500 bits per heavy atom. The fourth-order valence-corrected chi connectivity index (χ4v) is 9.25. The third-order valence-corrected chi connectivity index (χ3v) is 12.4. The van der Waals surface area contributed by atoms with Crippen molar-refractivity contribution in [3.05, 3.63) is 59.7 Å². The molecule has 3 saturated carbocycles. The summed E-state index contributed by atoms with van der Waals surface area (Å²) in [6, 6.07) is 11.9. The minimum Gasteiger partial charge on any atom is -0.466 e. The molecule has 3 aliphatic carbocycles. The first-order valence-electron chi connectivity index (χ1n) is 17.6. The zero-order valence-electron chi connectivity index (χ0n) is 30.7. The van der Waals surface area contributed by atoms with Gasteiger partial charge in [0.15, 0.2) is 0 Å². The summed E-state index contributed by atoms with van der Waals surface area (Å²) in [5, 5.41) is 8.70. The average Bonchev–Trinajstić information content (AvgIpc) is 3.09. The second kappa shape index (κ2) is 16.3. The van der Waals surface area contributed by atoms with Gasteiger partial charge in [-0.05, 0) is 65.8 Å². The third-order valence-electron chi connectivity index (χ3n) is 9.95. The van der Waals surface area contributed by atoms with Gasteiger partial charge in [-0.25, -0.2) is 9.66 Å². The van der Waals surface area contributed by atoms with Crippen LogP contribution in [-0.4, -0.2) is 78.6 Å². The number of sulfonamides is 2. The van der Waals surface area contributed by atoms with Gasteiger partial charge in [-0.3, -0.25) is 19.2 Å². The molecule has 0 radical (unpaired) electrons. The molecule has 0 unspecified atom stereocenters. The molecule has 0 aliphatic heterocycles. The van der Waals surface area contributed by atoms with Crippen LogP contribution < -0.4 is 9.66 Å². The first-order chi connectivity index (χ1) is 25.6. The van der Waals surface area contributed by atoms with Crippen LogP contribution in [0, 0.1) is 61.2 Å². The van der Waals surface area contributed by atoms with Gasteiger partial charge in [0.25, 0.3) is 20.0 Å². The normalized spacial score (nSPS) is 27.3. The van der Waals surface area contributed by atoms with E-state index >= 15 is 0 Å². The van der Waals surface area contributed by atoms with Crippen molar-refractivity contribution in [1.82, 2.24) is 9.66 Å². The highest BCUT2D eigenvalue weighted by Gasteiger charge is 2.74. The van der Waals surface area contributed by atoms with Crippen LogP contribution in [0.2, 0.25) is 0 Å². The molecule has 292 valence electrons. The Kier molecular flexibility index (Phi) is 12.1. The summed E-state index contributed by atoms with van der Waals surface area (Å²) >= 11 is 0. The lowest BCUT2D eigenvalue weighted by Crippen LogP contribution is -2.74. The number of rotatable bonds is 14. The average molecular weight is 789 g/mol. The van der Waals surface area contributed by atoms with E-state index in [0.29, 0.717) is 0 Å². The molecule has 0 heterocycles. The second-order valence-electron chi connectivity index (χ2n) is 13.1. The first kappa shape index (κ1) is 40.3. The molecule has 0 amide bonds. The largest absolute Gasteiger partial charge is 0.466 e. The number of hydrazone groups is 2. The smallest absolute Gasteiger partial charge is 0.310 e. The molecular weight excluding hydrogens is 745 g/mol. The summed E-state index contributed by atoms with van der Waals surface area (Å²) in [4.78, 5) is 58.9. The molecule has 18 heteroatoms. The topological polar surface area (TPSA) is 222 Å². The van der Waals surface area contributed by atoms with E-state index in [1.807, 2.05) is 0 Å². The number of aryl methyl sites for hydroxylation is 2. The Hall–Kier alpha value is -4.84. The van der Waals surface area contributed by atoms with E-state index < -0.39 is 91.3 Å². The Bertz CT molecular complexity index is 1840. The fourth-order valence-electron chi connectivity index (χ4n) is 7.60. The lowest BCUT2D eigenvalue weighted by atomic mass is 9.39. The molecule has 2 N–H and O–H groups in total. The van der Waals surface area contributed by atoms with Crippen LogP contribution >= 0.6 is 0 Å². The fraction of sp³-hybridized carbons (Fsp3) is 0.500. The number of fused-ring (bicyclic) bond motifs is 2. The first-order valence-corrected chi connectivity index (χ1v) is 20.6. The summed E-state index contributed by atoms with van der Waals surface area (Å²) in [5.41, 5.74) is 1.52. The van der Waals surface area contributed by atoms with Crippen LogP contribution in [0.25, 0.3) is 0 Å². The minimum absolute atomic E-state index is 0.0433. The maximum atomic E-state index is 13.7. The molecule has 54 heavy (non-hydrogen) atoms. The number of esters is 4. The van der Waals surface area contributed by atoms with Gasteiger partial charge in [-0.2, -0.15) is 27.0 Å². The van der Waals surface area contributed by atoms with Crippen molar-refractivity contribution in [2.75, 3.05) is 26.4 Å². The van der Waals surface area contributed by atoms with Gasteiger partial charge in [0.05, 0.1) is 59.9 Å². The lowest BCUT2D eigenvalue weighted by Gasteiger charge is -2.62. The molecule has 2 aromatic rings. The van der Waals surface area contributed by atoms with E-state index in [4.69, 9.17) is 18.9 Å². The number of hydrogen-bond donors (Lipinski definition) is 2. The molecule has 3 fully saturated rings. The Balaban J connectivity index is 1.74. The number of carbonyl (C=O) groups excluding carboxylic acids is 4. The number of hydrogen-bond acceptors (Lipinski definition) is 14. The van der Waals surface area contributed by atoms with Gasteiger partial charge in [0.1, 0.15) is 0 Å².